The molecule has 80 valence electrons. The zero-order chi connectivity index (χ0) is 10.0. The quantitative estimate of drug-likeness (QED) is 0.839. The molecule has 0 aliphatic carbocycles. The van der Waals surface area contributed by atoms with Crippen LogP contribution >= 0.6 is 24.0 Å². The van der Waals surface area contributed by atoms with E-state index in [1.54, 1.807) is 0 Å². The van der Waals surface area contributed by atoms with Crippen LogP contribution in [-0.2, 0) is 0 Å². The Bertz CT molecular complexity index is 322. The van der Waals surface area contributed by atoms with Crippen molar-refractivity contribution in [2.24, 2.45) is 5.73 Å². The summed E-state index contributed by atoms with van der Waals surface area (Å²) in [7, 11) is 0. The van der Waals surface area contributed by atoms with Crippen molar-refractivity contribution >= 4 is 24.0 Å². The van der Waals surface area contributed by atoms with Crippen molar-refractivity contribution in [1.82, 2.24) is 0 Å². The van der Waals surface area contributed by atoms with Gasteiger partial charge < -0.3 is 10.8 Å². The summed E-state index contributed by atoms with van der Waals surface area (Å²) in [5, 5.41) is 9.22. The van der Waals surface area contributed by atoms with E-state index in [1.807, 2.05) is 0 Å². The minimum absolute atomic E-state index is 0. The number of benzene rings is 1. The topological polar surface area (TPSA) is 46.2 Å². The zero-order valence-electron chi connectivity index (χ0n) is 7.01. The Labute approximate surface area is 91.1 Å². The molecular weight excluding hydrogens is 235 g/mol. The average Bonchev–Trinajstić information content (AvgIpc) is 2.12. The van der Waals surface area contributed by atoms with Crippen molar-refractivity contribution < 1.29 is 13.9 Å². The van der Waals surface area contributed by atoms with Crippen LogP contribution < -0.4 is 5.73 Å². The van der Waals surface area contributed by atoms with E-state index in [4.69, 9.17) is 17.3 Å². The molecule has 0 saturated carbocycles. The van der Waals surface area contributed by atoms with Crippen molar-refractivity contribution in [2.45, 2.75) is 6.04 Å². The summed E-state index contributed by atoms with van der Waals surface area (Å²) in [4.78, 5) is 0. The Morgan fingerprint density at radius 2 is 2.07 bits per heavy atom. The maximum atomic E-state index is 13.0. The highest BCUT2D eigenvalue weighted by atomic mass is 35.5. The predicted octanol–water partition coefficient (Wildman–Crippen LogP) is 2.58. The highest BCUT2D eigenvalue weighted by molar-refractivity contribution is 6.32. The van der Waals surface area contributed by atoms with Gasteiger partial charge in [-0.15, -0.1) is 12.4 Å². The van der Waals surface area contributed by atoms with Crippen LogP contribution in [0.3, 0.4) is 0 Å². The van der Waals surface area contributed by atoms with Crippen LogP contribution in [0.1, 0.15) is 11.6 Å². The molecule has 0 unspecified atom stereocenters. The molecule has 0 heterocycles. The molecule has 0 aliphatic heterocycles. The predicted molar refractivity (Wildman–Crippen MR) is 53.2 cm³/mol. The smallest absolute Gasteiger partial charge is 0.141 e. The van der Waals surface area contributed by atoms with Gasteiger partial charge >= 0.3 is 0 Å². The van der Waals surface area contributed by atoms with Crippen LogP contribution in [0.2, 0.25) is 5.02 Å². The van der Waals surface area contributed by atoms with Gasteiger partial charge in [-0.25, -0.2) is 8.78 Å². The number of phenolic OH excluding ortho intramolecular Hbond substituents is 1. The summed E-state index contributed by atoms with van der Waals surface area (Å²) in [6.45, 7) is -0.954. The first-order chi connectivity index (χ1) is 6.07. The van der Waals surface area contributed by atoms with Gasteiger partial charge in [-0.2, -0.15) is 0 Å². The van der Waals surface area contributed by atoms with Gasteiger partial charge in [0.2, 0.25) is 0 Å². The third kappa shape index (κ3) is 2.47. The van der Waals surface area contributed by atoms with Gasteiger partial charge in [0, 0.05) is 0 Å². The second kappa shape index (κ2) is 5.34. The SMILES string of the molecule is Cl.N[C@@H](CF)c1c(F)ccc(Cl)c1O. The summed E-state index contributed by atoms with van der Waals surface area (Å²) < 4.78 is 25.1. The van der Waals surface area contributed by atoms with Crippen LogP contribution in [0, 0.1) is 5.82 Å². The molecule has 0 amide bonds. The molecule has 2 nitrogen and oxygen atoms in total. The molecule has 0 spiro atoms. The van der Waals surface area contributed by atoms with E-state index in [2.05, 4.69) is 0 Å². The molecule has 1 aromatic rings. The summed E-state index contributed by atoms with van der Waals surface area (Å²) in [5.74, 6) is -1.25. The molecule has 1 aromatic carbocycles. The first-order valence-electron chi connectivity index (χ1n) is 3.56. The third-order valence-corrected chi connectivity index (χ3v) is 1.96. The maximum absolute atomic E-state index is 13.0. The summed E-state index contributed by atoms with van der Waals surface area (Å²) in [6.07, 6.45) is 0. The van der Waals surface area contributed by atoms with E-state index in [1.165, 1.54) is 6.07 Å². The van der Waals surface area contributed by atoms with Gasteiger partial charge in [0.05, 0.1) is 16.6 Å². The largest absolute Gasteiger partial charge is 0.506 e. The number of hydrogen-bond donors (Lipinski definition) is 2. The minimum atomic E-state index is -1.18. The second-order valence-electron chi connectivity index (χ2n) is 2.55. The lowest BCUT2D eigenvalue weighted by Gasteiger charge is -2.11. The number of hydrogen-bond acceptors (Lipinski definition) is 2. The number of aromatic hydroxyl groups is 1. The van der Waals surface area contributed by atoms with E-state index < -0.39 is 24.3 Å². The Balaban J connectivity index is 0.00000169. The fourth-order valence-corrected chi connectivity index (χ4v) is 1.15. The normalized spacial score (nSPS) is 12.0. The standard InChI is InChI=1S/C8H8ClF2NO.ClH/c9-4-1-2-5(11)7(8(4)13)6(12)3-10;/h1-2,6,13H,3,12H2;1H/t6-;/m0./s1. The molecule has 0 bridgehead atoms. The fourth-order valence-electron chi connectivity index (χ4n) is 0.987. The van der Waals surface area contributed by atoms with Gasteiger partial charge in [0.25, 0.3) is 0 Å². The molecule has 0 aliphatic rings. The number of nitrogens with two attached hydrogens (primary N) is 1. The van der Waals surface area contributed by atoms with Crippen LogP contribution in [0.25, 0.3) is 0 Å². The first kappa shape index (κ1) is 13.4. The van der Waals surface area contributed by atoms with Crippen molar-refractivity contribution in [3.63, 3.8) is 0 Å². The Kier molecular flexibility index (Phi) is 5.12. The first-order valence-corrected chi connectivity index (χ1v) is 3.94. The van der Waals surface area contributed by atoms with E-state index in [0.717, 1.165) is 6.07 Å². The summed E-state index contributed by atoms with van der Waals surface area (Å²) in [5.41, 5.74) is 4.95. The second-order valence-corrected chi connectivity index (χ2v) is 2.96. The van der Waals surface area contributed by atoms with E-state index in [-0.39, 0.29) is 23.0 Å². The van der Waals surface area contributed by atoms with Gasteiger partial charge in [0.1, 0.15) is 18.2 Å². The summed E-state index contributed by atoms with van der Waals surface area (Å²) in [6, 6.07) is 1.03. The molecule has 0 radical (unpaired) electrons. The number of phenols is 1. The molecule has 0 saturated heterocycles. The number of rotatable bonds is 2. The van der Waals surface area contributed by atoms with Crippen LogP contribution in [0.4, 0.5) is 8.78 Å². The van der Waals surface area contributed by atoms with Crippen molar-refractivity contribution in [1.29, 1.82) is 0 Å². The van der Waals surface area contributed by atoms with E-state index >= 15 is 0 Å². The van der Waals surface area contributed by atoms with Crippen LogP contribution in [0.15, 0.2) is 12.1 Å². The third-order valence-electron chi connectivity index (χ3n) is 1.65. The minimum Gasteiger partial charge on any atom is -0.506 e. The Morgan fingerprint density at radius 1 is 1.50 bits per heavy atom. The lowest BCUT2D eigenvalue weighted by Crippen LogP contribution is -2.14. The molecule has 0 aromatic heterocycles. The molecule has 6 heteroatoms. The van der Waals surface area contributed by atoms with Gasteiger partial charge in [-0.3, -0.25) is 0 Å². The maximum Gasteiger partial charge on any atom is 0.141 e. The lowest BCUT2D eigenvalue weighted by molar-refractivity contribution is 0.401. The van der Waals surface area contributed by atoms with E-state index in [9.17, 15) is 13.9 Å². The molecule has 1 atom stereocenters. The van der Waals surface area contributed by atoms with Gasteiger partial charge in [-0.05, 0) is 12.1 Å². The number of alkyl halides is 1. The zero-order valence-corrected chi connectivity index (χ0v) is 8.58. The molecule has 14 heavy (non-hydrogen) atoms. The van der Waals surface area contributed by atoms with Crippen LogP contribution in [0.5, 0.6) is 5.75 Å². The Hall–Kier alpha value is -0.580. The summed E-state index contributed by atoms with van der Waals surface area (Å²) >= 11 is 5.49. The van der Waals surface area contributed by atoms with Crippen molar-refractivity contribution in [3.05, 3.63) is 28.5 Å². The molecular formula is C8H9Cl2F2NO. The fraction of sp³-hybridized carbons (Fsp3) is 0.250. The number of halogens is 4. The average molecular weight is 244 g/mol. The molecule has 0 fully saturated rings. The van der Waals surface area contributed by atoms with E-state index in [0.29, 0.717) is 0 Å². The Morgan fingerprint density at radius 3 is 2.57 bits per heavy atom. The monoisotopic (exact) mass is 243 g/mol. The van der Waals surface area contributed by atoms with Crippen molar-refractivity contribution in [2.75, 3.05) is 6.67 Å². The highest BCUT2D eigenvalue weighted by Crippen LogP contribution is 2.32. The van der Waals surface area contributed by atoms with Crippen LogP contribution in [-0.4, -0.2) is 11.8 Å². The molecule has 1 rings (SSSR count). The lowest BCUT2D eigenvalue weighted by atomic mass is 10.1. The van der Waals surface area contributed by atoms with Gasteiger partial charge in [0.15, 0.2) is 0 Å². The highest BCUT2D eigenvalue weighted by Gasteiger charge is 2.18. The van der Waals surface area contributed by atoms with Gasteiger partial charge in [-0.1, -0.05) is 11.6 Å². The van der Waals surface area contributed by atoms with Crippen molar-refractivity contribution in [3.8, 4) is 5.75 Å². The molecule has 3 N–H and O–H groups in total.